The van der Waals surface area contributed by atoms with Gasteiger partial charge in [-0.15, -0.1) is 0 Å². The molecule has 0 saturated heterocycles. The van der Waals surface area contributed by atoms with Crippen molar-refractivity contribution < 1.29 is 10.2 Å². The minimum atomic E-state index is -0.669. The predicted molar refractivity (Wildman–Crippen MR) is 63.8 cm³/mol. The van der Waals surface area contributed by atoms with Gasteiger partial charge in [-0.2, -0.15) is 0 Å². The van der Waals surface area contributed by atoms with Crippen LogP contribution in [0.2, 0.25) is 10.0 Å². The van der Waals surface area contributed by atoms with Gasteiger partial charge >= 0.3 is 0 Å². The molecule has 0 aliphatic heterocycles. The molecule has 16 heavy (non-hydrogen) atoms. The Bertz CT molecular complexity index is 384. The van der Waals surface area contributed by atoms with Crippen LogP contribution in [0.4, 0.5) is 0 Å². The van der Waals surface area contributed by atoms with Crippen molar-refractivity contribution in [2.45, 2.75) is 25.0 Å². The fourth-order valence-corrected chi connectivity index (χ4v) is 2.41. The Morgan fingerprint density at radius 1 is 1.31 bits per heavy atom. The second kappa shape index (κ2) is 4.41. The van der Waals surface area contributed by atoms with Crippen LogP contribution in [0.5, 0.6) is 5.75 Å². The summed E-state index contributed by atoms with van der Waals surface area (Å²) in [6, 6.07) is 2.22. The van der Waals surface area contributed by atoms with Crippen LogP contribution >= 0.6 is 23.2 Å². The summed E-state index contributed by atoms with van der Waals surface area (Å²) in [4.78, 5) is 0. The Balaban J connectivity index is 2.31. The molecule has 0 spiro atoms. The Hall–Kier alpha value is -0.480. The maximum absolute atomic E-state index is 9.90. The monoisotopic (exact) mass is 261 g/mol. The van der Waals surface area contributed by atoms with Crippen LogP contribution in [0.25, 0.3) is 0 Å². The minimum absolute atomic E-state index is 0.0651. The number of phenols is 1. The summed E-state index contributed by atoms with van der Waals surface area (Å²) >= 11 is 11.7. The first kappa shape index (κ1) is 12.0. The van der Waals surface area contributed by atoms with Crippen molar-refractivity contribution in [1.29, 1.82) is 0 Å². The van der Waals surface area contributed by atoms with Gasteiger partial charge in [-0.1, -0.05) is 23.2 Å². The van der Waals surface area contributed by atoms with Gasteiger partial charge in [0.25, 0.3) is 0 Å². The lowest BCUT2D eigenvalue weighted by Crippen LogP contribution is -2.28. The maximum atomic E-state index is 9.90. The second-order valence-electron chi connectivity index (χ2n) is 4.17. The Labute approximate surface area is 104 Å². The number of aliphatic hydroxyl groups excluding tert-OH is 1. The average Bonchev–Trinajstić information content (AvgIpc) is 2.97. The maximum Gasteiger partial charge on any atom is 0.123 e. The van der Waals surface area contributed by atoms with E-state index < -0.39 is 12.1 Å². The number of rotatable bonds is 3. The highest BCUT2D eigenvalue weighted by Crippen LogP contribution is 2.41. The van der Waals surface area contributed by atoms with E-state index in [2.05, 4.69) is 0 Å². The number of phenolic OH excluding ortho intramolecular Hbond substituents is 1. The van der Waals surface area contributed by atoms with Gasteiger partial charge in [0, 0.05) is 10.6 Å². The molecular formula is C11H13Cl2NO2. The van der Waals surface area contributed by atoms with Crippen LogP contribution in [-0.4, -0.2) is 16.3 Å². The van der Waals surface area contributed by atoms with Gasteiger partial charge in [0.1, 0.15) is 5.75 Å². The third-order valence-corrected chi connectivity index (χ3v) is 3.41. The Morgan fingerprint density at radius 3 is 2.44 bits per heavy atom. The van der Waals surface area contributed by atoms with Crippen LogP contribution in [0.15, 0.2) is 12.1 Å². The molecule has 1 aliphatic carbocycles. The molecule has 3 nitrogen and oxygen atoms in total. The molecule has 0 aromatic heterocycles. The molecule has 0 radical (unpaired) electrons. The number of hydrogen-bond donors (Lipinski definition) is 3. The molecule has 2 atom stereocenters. The molecule has 88 valence electrons. The van der Waals surface area contributed by atoms with Gasteiger partial charge < -0.3 is 15.9 Å². The van der Waals surface area contributed by atoms with E-state index in [1.807, 2.05) is 0 Å². The van der Waals surface area contributed by atoms with Crippen molar-refractivity contribution in [2.24, 2.45) is 11.7 Å². The highest BCUT2D eigenvalue weighted by atomic mass is 35.5. The summed E-state index contributed by atoms with van der Waals surface area (Å²) in [7, 11) is 0. The largest absolute Gasteiger partial charge is 0.507 e. The molecule has 0 unspecified atom stereocenters. The fourth-order valence-electron chi connectivity index (χ4n) is 1.80. The minimum Gasteiger partial charge on any atom is -0.507 e. The molecule has 5 heteroatoms. The molecule has 1 fully saturated rings. The normalized spacial score (nSPS) is 19.5. The lowest BCUT2D eigenvalue weighted by atomic mass is 9.98. The van der Waals surface area contributed by atoms with E-state index in [0.717, 1.165) is 12.8 Å². The summed E-state index contributed by atoms with van der Waals surface area (Å²) in [5.74, 6) is 0.158. The van der Waals surface area contributed by atoms with Crippen molar-refractivity contribution in [3.63, 3.8) is 0 Å². The third kappa shape index (κ3) is 2.28. The van der Waals surface area contributed by atoms with Crippen molar-refractivity contribution >= 4 is 23.2 Å². The number of benzene rings is 1. The lowest BCUT2D eigenvalue weighted by molar-refractivity contribution is 0.121. The Morgan fingerprint density at radius 2 is 1.94 bits per heavy atom. The van der Waals surface area contributed by atoms with E-state index in [-0.39, 0.29) is 16.7 Å². The van der Waals surface area contributed by atoms with Crippen LogP contribution in [0, 0.1) is 5.92 Å². The standard InChI is InChI=1S/C11H13Cl2NO2/c12-6-3-7(13)9(8(15)4-6)10(14)11(16)5-1-2-5/h3-5,10-11,15-16H,1-2,14H2/t10-,11+/m1/s1. The van der Waals surface area contributed by atoms with Gasteiger partial charge in [0.05, 0.1) is 17.2 Å². The van der Waals surface area contributed by atoms with Gasteiger partial charge in [-0.05, 0) is 30.9 Å². The number of halogens is 2. The summed E-state index contributed by atoms with van der Waals surface area (Å²) in [6.45, 7) is 0. The number of nitrogens with two attached hydrogens (primary N) is 1. The van der Waals surface area contributed by atoms with Crippen molar-refractivity contribution in [1.82, 2.24) is 0 Å². The lowest BCUT2D eigenvalue weighted by Gasteiger charge is -2.21. The van der Waals surface area contributed by atoms with E-state index in [1.165, 1.54) is 12.1 Å². The first-order valence-corrected chi connectivity index (χ1v) is 5.88. The molecule has 1 aromatic carbocycles. The zero-order chi connectivity index (χ0) is 11.9. The molecule has 0 amide bonds. The molecule has 2 rings (SSSR count). The summed E-state index contributed by atoms with van der Waals surface area (Å²) in [5, 5.41) is 20.3. The molecular weight excluding hydrogens is 249 g/mol. The molecule has 1 aliphatic rings. The van der Waals surface area contributed by atoms with E-state index >= 15 is 0 Å². The first-order valence-electron chi connectivity index (χ1n) is 5.12. The van der Waals surface area contributed by atoms with E-state index in [1.54, 1.807) is 0 Å². The van der Waals surface area contributed by atoms with E-state index in [4.69, 9.17) is 28.9 Å². The average molecular weight is 262 g/mol. The van der Waals surface area contributed by atoms with Crippen molar-refractivity contribution in [3.05, 3.63) is 27.7 Å². The molecule has 1 aromatic rings. The highest BCUT2D eigenvalue weighted by Gasteiger charge is 2.36. The number of aliphatic hydroxyl groups is 1. The van der Waals surface area contributed by atoms with Gasteiger partial charge in [0.2, 0.25) is 0 Å². The van der Waals surface area contributed by atoms with Gasteiger partial charge in [-0.25, -0.2) is 0 Å². The summed E-state index contributed by atoms with van der Waals surface area (Å²) < 4.78 is 0. The van der Waals surface area contributed by atoms with Gasteiger partial charge in [-0.3, -0.25) is 0 Å². The zero-order valence-corrected chi connectivity index (χ0v) is 10.0. The summed E-state index contributed by atoms with van der Waals surface area (Å²) in [5.41, 5.74) is 6.26. The zero-order valence-electron chi connectivity index (χ0n) is 8.53. The first-order chi connectivity index (χ1) is 7.50. The molecule has 1 saturated carbocycles. The van der Waals surface area contributed by atoms with E-state index in [0.29, 0.717) is 10.6 Å². The molecule has 0 heterocycles. The SMILES string of the molecule is N[C@H](c1c(O)cc(Cl)cc1Cl)[C@@H](O)C1CC1. The quantitative estimate of drug-likeness (QED) is 0.783. The number of hydrogen-bond acceptors (Lipinski definition) is 3. The predicted octanol–water partition coefficient (Wildman–Crippen LogP) is 2.47. The fraction of sp³-hybridized carbons (Fsp3) is 0.455. The van der Waals surface area contributed by atoms with Crippen LogP contribution in [-0.2, 0) is 0 Å². The van der Waals surface area contributed by atoms with E-state index in [9.17, 15) is 10.2 Å². The van der Waals surface area contributed by atoms with Crippen molar-refractivity contribution in [2.75, 3.05) is 0 Å². The van der Waals surface area contributed by atoms with Crippen LogP contribution in [0.3, 0.4) is 0 Å². The van der Waals surface area contributed by atoms with Gasteiger partial charge in [0.15, 0.2) is 0 Å². The Kier molecular flexibility index (Phi) is 3.31. The molecule has 0 bridgehead atoms. The van der Waals surface area contributed by atoms with Crippen LogP contribution in [0.1, 0.15) is 24.4 Å². The smallest absolute Gasteiger partial charge is 0.123 e. The van der Waals surface area contributed by atoms with Crippen molar-refractivity contribution in [3.8, 4) is 5.75 Å². The second-order valence-corrected chi connectivity index (χ2v) is 5.02. The van der Waals surface area contributed by atoms with Crippen LogP contribution < -0.4 is 5.73 Å². The third-order valence-electron chi connectivity index (χ3n) is 2.88. The number of aromatic hydroxyl groups is 1. The summed E-state index contributed by atoms with van der Waals surface area (Å²) in [6.07, 6.45) is 1.28. The highest BCUT2D eigenvalue weighted by molar-refractivity contribution is 6.35. The topological polar surface area (TPSA) is 66.5 Å². The molecule has 4 N–H and O–H groups in total.